The number of carboxylic acid groups (broad SMARTS) is 1. The van der Waals surface area contributed by atoms with Crippen LogP contribution < -0.4 is 0 Å². The molecule has 0 bridgehead atoms. The molecule has 1 heterocycles. The molecule has 0 aliphatic heterocycles. The predicted molar refractivity (Wildman–Crippen MR) is 46.0 cm³/mol. The number of hydrogen-bond donors (Lipinski definition) is 2. The Morgan fingerprint density at radius 1 is 1.67 bits per heavy atom. The van der Waals surface area contributed by atoms with Gasteiger partial charge in [-0.15, -0.1) is 0 Å². The first kappa shape index (κ1) is 10.7. The molecule has 0 aromatic carbocycles. The molecule has 4 nitrogen and oxygen atoms in total. The van der Waals surface area contributed by atoms with E-state index in [1.807, 2.05) is 13.8 Å². The number of carboxylic acids is 1. The van der Waals surface area contributed by atoms with E-state index in [4.69, 9.17) is 5.11 Å². The van der Waals surface area contributed by atoms with Crippen LogP contribution in [0, 0.1) is 0 Å². The lowest BCUT2D eigenvalue weighted by Crippen LogP contribution is -2.07. The summed E-state index contributed by atoms with van der Waals surface area (Å²) in [4.78, 5) is 16.8. The lowest BCUT2D eigenvalue weighted by atomic mass is 10.1. The smallest absolute Gasteiger partial charge is 0.312 e. The number of nitrogens with zero attached hydrogens (tertiary/aromatic N) is 1. The van der Waals surface area contributed by atoms with Crippen LogP contribution in [0.15, 0.2) is 12.5 Å². The summed E-state index contributed by atoms with van der Waals surface area (Å²) in [6.07, 6.45) is 2.98. The maximum atomic E-state index is 10.3. The van der Waals surface area contributed by atoms with E-state index in [1.54, 1.807) is 6.92 Å². The molecular weight excluding hydrogens is 156 g/mol. The van der Waals surface area contributed by atoms with Crippen molar-refractivity contribution < 1.29 is 9.90 Å². The molecular formula is C8H14N2O2. The van der Waals surface area contributed by atoms with Crippen LogP contribution in [-0.2, 0) is 4.79 Å². The Hall–Kier alpha value is -1.32. The van der Waals surface area contributed by atoms with Crippen molar-refractivity contribution in [2.75, 3.05) is 0 Å². The van der Waals surface area contributed by atoms with Gasteiger partial charge in [0.25, 0.3) is 0 Å². The molecule has 1 unspecified atom stereocenters. The maximum Gasteiger partial charge on any atom is 0.312 e. The lowest BCUT2D eigenvalue weighted by molar-refractivity contribution is -0.138. The van der Waals surface area contributed by atoms with E-state index in [0.29, 0.717) is 5.69 Å². The molecule has 1 aromatic rings. The van der Waals surface area contributed by atoms with Crippen LogP contribution in [0.1, 0.15) is 32.4 Å². The zero-order valence-corrected chi connectivity index (χ0v) is 7.53. The molecule has 68 valence electrons. The lowest BCUT2D eigenvalue weighted by Gasteiger charge is -1.99. The van der Waals surface area contributed by atoms with Gasteiger partial charge in [-0.2, -0.15) is 0 Å². The Morgan fingerprint density at radius 3 is 2.58 bits per heavy atom. The van der Waals surface area contributed by atoms with E-state index < -0.39 is 11.9 Å². The Kier molecular flexibility index (Phi) is 4.76. The Bertz CT molecular complexity index is 219. The first-order chi connectivity index (χ1) is 5.72. The quantitative estimate of drug-likeness (QED) is 0.708. The third kappa shape index (κ3) is 2.74. The van der Waals surface area contributed by atoms with Crippen LogP contribution in [-0.4, -0.2) is 21.0 Å². The second-order valence-corrected chi connectivity index (χ2v) is 2.07. The van der Waals surface area contributed by atoms with Gasteiger partial charge in [-0.25, -0.2) is 4.98 Å². The third-order valence-corrected chi connectivity index (χ3v) is 1.36. The molecule has 0 amide bonds. The molecule has 12 heavy (non-hydrogen) atoms. The van der Waals surface area contributed by atoms with Crippen LogP contribution >= 0.6 is 0 Å². The first-order valence-corrected chi connectivity index (χ1v) is 3.93. The summed E-state index contributed by atoms with van der Waals surface area (Å²) in [5.74, 6) is -1.34. The molecule has 0 saturated carbocycles. The van der Waals surface area contributed by atoms with Gasteiger partial charge in [-0.1, -0.05) is 13.8 Å². The minimum absolute atomic E-state index is 0.498. The van der Waals surface area contributed by atoms with E-state index >= 15 is 0 Å². The summed E-state index contributed by atoms with van der Waals surface area (Å²) in [6, 6.07) is 0. The van der Waals surface area contributed by atoms with Crippen molar-refractivity contribution in [3.8, 4) is 0 Å². The fraction of sp³-hybridized carbons (Fsp3) is 0.500. The molecule has 1 aromatic heterocycles. The third-order valence-electron chi connectivity index (χ3n) is 1.36. The largest absolute Gasteiger partial charge is 0.481 e. The molecule has 1 atom stereocenters. The highest BCUT2D eigenvalue weighted by molar-refractivity contribution is 5.74. The highest BCUT2D eigenvalue weighted by Gasteiger charge is 2.13. The van der Waals surface area contributed by atoms with Crippen molar-refractivity contribution >= 4 is 5.97 Å². The van der Waals surface area contributed by atoms with Crippen molar-refractivity contribution in [2.45, 2.75) is 26.7 Å². The minimum atomic E-state index is -0.843. The molecule has 2 N–H and O–H groups in total. The van der Waals surface area contributed by atoms with Crippen molar-refractivity contribution in [1.82, 2.24) is 9.97 Å². The topological polar surface area (TPSA) is 66.0 Å². The van der Waals surface area contributed by atoms with Crippen molar-refractivity contribution in [3.63, 3.8) is 0 Å². The van der Waals surface area contributed by atoms with Gasteiger partial charge in [-0.05, 0) is 6.92 Å². The maximum absolute atomic E-state index is 10.3. The second kappa shape index (κ2) is 5.35. The summed E-state index contributed by atoms with van der Waals surface area (Å²) >= 11 is 0. The Morgan fingerprint density at radius 2 is 2.25 bits per heavy atom. The fourth-order valence-electron chi connectivity index (χ4n) is 0.636. The summed E-state index contributed by atoms with van der Waals surface area (Å²) in [5, 5.41) is 8.51. The van der Waals surface area contributed by atoms with E-state index in [-0.39, 0.29) is 0 Å². The number of hydrogen-bond acceptors (Lipinski definition) is 2. The van der Waals surface area contributed by atoms with Gasteiger partial charge in [0, 0.05) is 11.9 Å². The molecule has 0 aliphatic rings. The number of nitrogens with one attached hydrogen (secondary N) is 1. The summed E-state index contributed by atoms with van der Waals surface area (Å²) < 4.78 is 0. The monoisotopic (exact) mass is 170 g/mol. The molecule has 0 fully saturated rings. The number of H-pyrrole nitrogens is 1. The standard InChI is InChI=1S/C6H8N2O2.C2H6/c1-4(6(9)10)5-2-7-3-8-5;1-2/h2-4H,1H3,(H,7,8)(H,9,10);1-2H3. The SMILES string of the molecule is CC.CC(C(=O)O)c1cnc[nH]1. The van der Waals surface area contributed by atoms with Crippen LogP contribution in [0.4, 0.5) is 0 Å². The Labute approximate surface area is 71.6 Å². The Balaban J connectivity index is 0.000000561. The number of carbonyl (C=O) groups is 1. The highest BCUT2D eigenvalue weighted by Crippen LogP contribution is 2.09. The second-order valence-electron chi connectivity index (χ2n) is 2.07. The fourth-order valence-corrected chi connectivity index (χ4v) is 0.636. The molecule has 0 aliphatic carbocycles. The van der Waals surface area contributed by atoms with E-state index in [1.165, 1.54) is 12.5 Å². The molecule has 0 radical (unpaired) electrons. The number of aliphatic carboxylic acids is 1. The average molecular weight is 170 g/mol. The van der Waals surface area contributed by atoms with E-state index in [2.05, 4.69) is 9.97 Å². The number of aromatic amines is 1. The van der Waals surface area contributed by atoms with Crippen LogP contribution in [0.3, 0.4) is 0 Å². The predicted octanol–water partition coefficient (Wildman–Crippen LogP) is 1.62. The van der Waals surface area contributed by atoms with Crippen LogP contribution in [0.2, 0.25) is 0 Å². The zero-order chi connectivity index (χ0) is 9.56. The molecule has 1 rings (SSSR count). The molecule has 0 saturated heterocycles. The number of rotatable bonds is 2. The van der Waals surface area contributed by atoms with Gasteiger partial charge in [0.2, 0.25) is 0 Å². The number of aromatic nitrogens is 2. The van der Waals surface area contributed by atoms with Gasteiger partial charge in [0.1, 0.15) is 0 Å². The van der Waals surface area contributed by atoms with Crippen LogP contribution in [0.25, 0.3) is 0 Å². The highest BCUT2D eigenvalue weighted by atomic mass is 16.4. The van der Waals surface area contributed by atoms with Gasteiger partial charge in [0.15, 0.2) is 0 Å². The summed E-state index contributed by atoms with van der Waals surface area (Å²) in [7, 11) is 0. The minimum Gasteiger partial charge on any atom is -0.481 e. The summed E-state index contributed by atoms with van der Waals surface area (Å²) in [6.45, 7) is 5.61. The van der Waals surface area contributed by atoms with E-state index in [9.17, 15) is 4.79 Å². The van der Waals surface area contributed by atoms with Crippen LogP contribution in [0.5, 0.6) is 0 Å². The number of imidazole rings is 1. The van der Waals surface area contributed by atoms with Gasteiger partial charge < -0.3 is 10.1 Å². The normalized spacial score (nSPS) is 11.2. The van der Waals surface area contributed by atoms with Gasteiger partial charge in [0.05, 0.1) is 12.2 Å². The zero-order valence-electron chi connectivity index (χ0n) is 7.53. The van der Waals surface area contributed by atoms with Crippen molar-refractivity contribution in [1.29, 1.82) is 0 Å². The molecule has 4 heteroatoms. The first-order valence-electron chi connectivity index (χ1n) is 3.93. The van der Waals surface area contributed by atoms with Gasteiger partial charge in [-0.3, -0.25) is 4.79 Å². The van der Waals surface area contributed by atoms with Crippen molar-refractivity contribution in [2.24, 2.45) is 0 Å². The van der Waals surface area contributed by atoms with E-state index in [0.717, 1.165) is 0 Å². The average Bonchev–Trinajstić information content (AvgIpc) is 2.58. The van der Waals surface area contributed by atoms with Crippen molar-refractivity contribution in [3.05, 3.63) is 18.2 Å². The molecule has 0 spiro atoms. The van der Waals surface area contributed by atoms with Gasteiger partial charge >= 0.3 is 5.97 Å². The summed E-state index contributed by atoms with van der Waals surface area (Å²) in [5.41, 5.74) is 0.632.